The first kappa shape index (κ1) is 21.3. The molecule has 32 heavy (non-hydrogen) atoms. The van der Waals surface area contributed by atoms with Crippen molar-refractivity contribution in [2.45, 2.75) is 20.0 Å². The largest absolute Gasteiger partial charge is 0.454 e. The van der Waals surface area contributed by atoms with Crippen molar-refractivity contribution in [2.75, 3.05) is 13.7 Å². The highest BCUT2D eigenvalue weighted by atomic mass is 16.5. The molecule has 0 spiro atoms. The van der Waals surface area contributed by atoms with E-state index in [0.717, 1.165) is 11.1 Å². The number of rotatable bonds is 6. The molecule has 6 heteroatoms. The minimum Gasteiger partial charge on any atom is -0.454 e. The molecular formula is C26H24N2O4. The van der Waals surface area contributed by atoms with Crippen LogP contribution >= 0.6 is 0 Å². The van der Waals surface area contributed by atoms with Crippen LogP contribution in [-0.2, 0) is 27.4 Å². The number of para-hydroxylation sites is 2. The van der Waals surface area contributed by atoms with Gasteiger partial charge in [-0.3, -0.25) is 14.4 Å². The smallest absolute Gasteiger partial charge is 0.326 e. The Morgan fingerprint density at radius 3 is 2.03 bits per heavy atom. The molecule has 0 atom stereocenters. The van der Waals surface area contributed by atoms with Gasteiger partial charge in [-0.15, -0.1) is 0 Å². The number of hydrogen-bond donors (Lipinski definition) is 0. The summed E-state index contributed by atoms with van der Waals surface area (Å²) in [6.07, 6.45) is 0. The SMILES string of the molecule is Cc1ccc(CN(C)C(=O)COC(=O)Cn2c3ccccc3c(=O)c3ccccc32)cc1. The maximum absolute atomic E-state index is 12.8. The first-order valence-corrected chi connectivity index (χ1v) is 10.4. The number of aryl methyl sites for hydroxylation is 1. The van der Waals surface area contributed by atoms with Gasteiger partial charge in [0, 0.05) is 24.4 Å². The van der Waals surface area contributed by atoms with Gasteiger partial charge in [-0.05, 0) is 36.8 Å². The van der Waals surface area contributed by atoms with Crippen LogP contribution in [0, 0.1) is 6.92 Å². The predicted molar refractivity (Wildman–Crippen MR) is 124 cm³/mol. The van der Waals surface area contributed by atoms with Crippen molar-refractivity contribution in [3.05, 3.63) is 94.1 Å². The van der Waals surface area contributed by atoms with E-state index in [-0.39, 0.29) is 24.5 Å². The van der Waals surface area contributed by atoms with Crippen molar-refractivity contribution in [1.29, 1.82) is 0 Å². The van der Waals surface area contributed by atoms with E-state index in [0.29, 0.717) is 28.4 Å². The highest BCUT2D eigenvalue weighted by molar-refractivity contribution is 5.94. The molecule has 0 saturated carbocycles. The topological polar surface area (TPSA) is 68.6 Å². The van der Waals surface area contributed by atoms with Gasteiger partial charge in [0.15, 0.2) is 12.0 Å². The van der Waals surface area contributed by atoms with E-state index in [2.05, 4.69) is 0 Å². The Morgan fingerprint density at radius 1 is 0.875 bits per heavy atom. The predicted octanol–water partition coefficient (Wildman–Crippen LogP) is 3.66. The molecule has 3 aromatic carbocycles. The first-order valence-electron chi connectivity index (χ1n) is 10.4. The van der Waals surface area contributed by atoms with Crippen LogP contribution in [0.2, 0.25) is 0 Å². The van der Waals surface area contributed by atoms with Gasteiger partial charge in [0.05, 0.1) is 11.0 Å². The monoisotopic (exact) mass is 428 g/mol. The van der Waals surface area contributed by atoms with Gasteiger partial charge < -0.3 is 14.2 Å². The fourth-order valence-corrected chi connectivity index (χ4v) is 3.73. The molecule has 6 nitrogen and oxygen atoms in total. The van der Waals surface area contributed by atoms with E-state index >= 15 is 0 Å². The average molecular weight is 428 g/mol. The van der Waals surface area contributed by atoms with Gasteiger partial charge in [-0.2, -0.15) is 0 Å². The van der Waals surface area contributed by atoms with Crippen molar-refractivity contribution >= 4 is 33.7 Å². The van der Waals surface area contributed by atoms with Gasteiger partial charge in [-0.25, -0.2) is 0 Å². The van der Waals surface area contributed by atoms with Crippen molar-refractivity contribution in [2.24, 2.45) is 0 Å². The number of esters is 1. The van der Waals surface area contributed by atoms with Crippen LogP contribution in [0.1, 0.15) is 11.1 Å². The molecule has 0 N–H and O–H groups in total. The normalized spacial score (nSPS) is 10.9. The molecule has 1 aromatic heterocycles. The zero-order chi connectivity index (χ0) is 22.7. The maximum atomic E-state index is 12.8. The van der Waals surface area contributed by atoms with Crippen molar-refractivity contribution in [3.8, 4) is 0 Å². The molecule has 0 aliphatic carbocycles. The highest BCUT2D eigenvalue weighted by Gasteiger charge is 2.16. The molecule has 1 heterocycles. The number of benzene rings is 3. The van der Waals surface area contributed by atoms with Gasteiger partial charge in [0.25, 0.3) is 5.91 Å². The second-order valence-corrected chi connectivity index (χ2v) is 7.85. The van der Waals surface area contributed by atoms with E-state index in [9.17, 15) is 14.4 Å². The number of aromatic nitrogens is 1. The average Bonchev–Trinajstić information content (AvgIpc) is 2.81. The van der Waals surface area contributed by atoms with E-state index < -0.39 is 5.97 Å². The molecular weight excluding hydrogens is 404 g/mol. The number of nitrogens with zero attached hydrogens (tertiary/aromatic N) is 2. The van der Waals surface area contributed by atoms with Gasteiger partial charge in [0.1, 0.15) is 6.54 Å². The molecule has 162 valence electrons. The summed E-state index contributed by atoms with van der Waals surface area (Å²) < 4.78 is 7.04. The summed E-state index contributed by atoms with van der Waals surface area (Å²) in [4.78, 5) is 39.4. The van der Waals surface area contributed by atoms with Crippen molar-refractivity contribution in [1.82, 2.24) is 9.47 Å². The van der Waals surface area contributed by atoms with E-state index in [1.807, 2.05) is 43.3 Å². The molecule has 0 aliphatic heterocycles. The van der Waals surface area contributed by atoms with Gasteiger partial charge in [0.2, 0.25) is 0 Å². The molecule has 0 bridgehead atoms. The number of likely N-dealkylation sites (N-methyl/N-ethyl adjacent to an activating group) is 1. The zero-order valence-corrected chi connectivity index (χ0v) is 18.1. The number of carbonyl (C=O) groups is 2. The van der Waals surface area contributed by atoms with Crippen LogP contribution in [0.4, 0.5) is 0 Å². The molecule has 1 amide bonds. The Morgan fingerprint density at radius 2 is 1.44 bits per heavy atom. The van der Waals surface area contributed by atoms with E-state index in [4.69, 9.17) is 4.74 Å². The van der Waals surface area contributed by atoms with Gasteiger partial charge >= 0.3 is 5.97 Å². The number of hydrogen-bond acceptors (Lipinski definition) is 4. The maximum Gasteiger partial charge on any atom is 0.326 e. The van der Waals surface area contributed by atoms with Crippen LogP contribution in [0.15, 0.2) is 77.6 Å². The number of amides is 1. The van der Waals surface area contributed by atoms with Crippen LogP contribution in [0.5, 0.6) is 0 Å². The van der Waals surface area contributed by atoms with Crippen LogP contribution in [0.3, 0.4) is 0 Å². The summed E-state index contributed by atoms with van der Waals surface area (Å²) in [6.45, 7) is 2.01. The number of carbonyl (C=O) groups excluding carboxylic acids is 2. The molecule has 0 saturated heterocycles. The van der Waals surface area contributed by atoms with Gasteiger partial charge in [-0.1, -0.05) is 54.1 Å². The summed E-state index contributed by atoms with van der Waals surface area (Å²) in [6, 6.07) is 22.3. The molecule has 0 fully saturated rings. The molecule has 4 rings (SSSR count). The fraction of sp³-hybridized carbons (Fsp3) is 0.192. The number of fused-ring (bicyclic) bond motifs is 2. The fourth-order valence-electron chi connectivity index (χ4n) is 3.73. The van der Waals surface area contributed by atoms with Crippen LogP contribution < -0.4 is 5.43 Å². The Kier molecular flexibility index (Phi) is 6.03. The Labute approximate surface area is 185 Å². The molecule has 4 aromatic rings. The first-order chi connectivity index (χ1) is 15.4. The minimum absolute atomic E-state index is 0.0753. The zero-order valence-electron chi connectivity index (χ0n) is 18.1. The summed E-state index contributed by atoms with van der Waals surface area (Å²) in [5.41, 5.74) is 3.38. The standard InChI is InChI=1S/C26H24N2O4/c1-18-11-13-19(14-12-18)15-27(2)24(29)17-32-25(30)16-28-22-9-5-3-7-20(22)26(31)21-8-4-6-10-23(21)28/h3-14H,15-17H2,1-2H3. The van der Waals surface area contributed by atoms with E-state index in [1.165, 1.54) is 4.90 Å². The lowest BCUT2D eigenvalue weighted by molar-refractivity contribution is -0.152. The second-order valence-electron chi connectivity index (χ2n) is 7.85. The van der Waals surface area contributed by atoms with Crippen molar-refractivity contribution < 1.29 is 14.3 Å². The Balaban J connectivity index is 1.48. The molecule has 0 radical (unpaired) electrons. The highest BCUT2D eigenvalue weighted by Crippen LogP contribution is 2.19. The summed E-state index contributed by atoms with van der Waals surface area (Å²) in [7, 11) is 1.68. The summed E-state index contributed by atoms with van der Waals surface area (Å²) in [5, 5.41) is 1.07. The quantitative estimate of drug-likeness (QED) is 0.347. The lowest BCUT2D eigenvalue weighted by Gasteiger charge is -2.18. The third-order valence-electron chi connectivity index (χ3n) is 5.49. The molecule has 0 aliphatic rings. The van der Waals surface area contributed by atoms with Crippen LogP contribution in [0.25, 0.3) is 21.8 Å². The summed E-state index contributed by atoms with van der Waals surface area (Å²) in [5.74, 6) is -0.824. The summed E-state index contributed by atoms with van der Waals surface area (Å²) >= 11 is 0. The van der Waals surface area contributed by atoms with Crippen LogP contribution in [-0.4, -0.2) is 35.0 Å². The lowest BCUT2D eigenvalue weighted by Crippen LogP contribution is -2.31. The lowest BCUT2D eigenvalue weighted by atomic mass is 10.1. The van der Waals surface area contributed by atoms with E-state index in [1.54, 1.807) is 48.0 Å². The number of ether oxygens (including phenoxy) is 1. The number of pyridine rings is 1. The third kappa shape index (κ3) is 4.39. The third-order valence-corrected chi connectivity index (χ3v) is 5.49. The minimum atomic E-state index is -0.541. The Bertz CT molecular complexity index is 1300. The molecule has 0 unspecified atom stereocenters. The second kappa shape index (κ2) is 9.06. The Hall–Kier alpha value is -3.93. The van der Waals surface area contributed by atoms with Crippen molar-refractivity contribution in [3.63, 3.8) is 0 Å².